The predicted octanol–water partition coefficient (Wildman–Crippen LogP) is 1.93. The summed E-state index contributed by atoms with van der Waals surface area (Å²) in [5.41, 5.74) is 1.17. The Morgan fingerprint density at radius 2 is 2.00 bits per heavy atom. The van der Waals surface area contributed by atoms with Crippen LogP contribution in [0.25, 0.3) is 0 Å². The van der Waals surface area contributed by atoms with Gasteiger partial charge in [-0.05, 0) is 43.9 Å². The highest BCUT2D eigenvalue weighted by Gasteiger charge is 2.15. The van der Waals surface area contributed by atoms with Crippen molar-refractivity contribution in [3.8, 4) is 11.5 Å². The van der Waals surface area contributed by atoms with Crippen LogP contribution in [0.4, 0.5) is 0 Å². The minimum atomic E-state index is 0.526. The molecule has 0 saturated carbocycles. The molecule has 0 bridgehead atoms. The molecule has 0 unspecified atom stereocenters. The minimum absolute atomic E-state index is 0.526. The summed E-state index contributed by atoms with van der Waals surface area (Å²) in [6, 6.07) is 5.99. The van der Waals surface area contributed by atoms with E-state index in [1.165, 1.54) is 18.4 Å². The summed E-state index contributed by atoms with van der Waals surface area (Å²) in [6.45, 7) is 5.15. The summed E-state index contributed by atoms with van der Waals surface area (Å²) in [5.74, 6) is 4.30. The van der Waals surface area contributed by atoms with Crippen molar-refractivity contribution in [2.75, 3.05) is 27.3 Å². The van der Waals surface area contributed by atoms with Crippen molar-refractivity contribution >= 4 is 5.96 Å². The highest BCUT2D eigenvalue weighted by Crippen LogP contribution is 2.27. The van der Waals surface area contributed by atoms with Crippen molar-refractivity contribution in [2.24, 2.45) is 4.99 Å². The third kappa shape index (κ3) is 4.94. The van der Waals surface area contributed by atoms with Gasteiger partial charge in [-0.2, -0.15) is 0 Å². The zero-order valence-electron chi connectivity index (χ0n) is 17.0. The number of ether oxygens (including phenoxy) is 2. The van der Waals surface area contributed by atoms with Gasteiger partial charge in [0.2, 0.25) is 0 Å². The van der Waals surface area contributed by atoms with Gasteiger partial charge in [0.25, 0.3) is 0 Å². The van der Waals surface area contributed by atoms with Gasteiger partial charge in [-0.3, -0.25) is 0 Å². The summed E-state index contributed by atoms with van der Waals surface area (Å²) in [4.78, 5) is 4.68. The predicted molar refractivity (Wildman–Crippen MR) is 109 cm³/mol. The Balaban J connectivity index is 1.57. The highest BCUT2D eigenvalue weighted by atomic mass is 16.5. The maximum atomic E-state index is 5.37. The Labute approximate surface area is 166 Å². The first-order valence-electron chi connectivity index (χ1n) is 9.89. The molecule has 28 heavy (non-hydrogen) atoms. The van der Waals surface area contributed by atoms with Crippen molar-refractivity contribution in [3.05, 3.63) is 35.4 Å². The number of fused-ring (bicyclic) bond motifs is 1. The van der Waals surface area contributed by atoms with E-state index in [1.807, 2.05) is 12.1 Å². The second-order valence-electron chi connectivity index (χ2n) is 6.70. The fraction of sp³-hybridized carbons (Fsp3) is 0.550. The second-order valence-corrected chi connectivity index (χ2v) is 6.70. The van der Waals surface area contributed by atoms with Crippen molar-refractivity contribution in [3.63, 3.8) is 0 Å². The van der Waals surface area contributed by atoms with E-state index < -0.39 is 0 Å². The second kappa shape index (κ2) is 9.96. The molecule has 2 aromatic rings. The molecule has 2 heterocycles. The normalized spacial score (nSPS) is 13.8. The number of aromatic nitrogens is 3. The molecule has 1 aliphatic rings. The SMILES string of the molecule is CCNC(=NCc1nnc2n1CCCC2)NCCc1ccc(OC)c(OC)c1. The van der Waals surface area contributed by atoms with E-state index in [0.717, 1.165) is 61.6 Å². The lowest BCUT2D eigenvalue weighted by Crippen LogP contribution is -2.38. The number of benzene rings is 1. The van der Waals surface area contributed by atoms with Crippen molar-refractivity contribution in [1.29, 1.82) is 0 Å². The van der Waals surface area contributed by atoms with Crippen LogP contribution in [-0.4, -0.2) is 48.0 Å². The monoisotopic (exact) mass is 386 g/mol. The summed E-state index contributed by atoms with van der Waals surface area (Å²) >= 11 is 0. The van der Waals surface area contributed by atoms with Crippen LogP contribution in [0, 0.1) is 0 Å². The maximum Gasteiger partial charge on any atom is 0.191 e. The molecule has 0 atom stereocenters. The number of aliphatic imine (C=N–C) groups is 1. The van der Waals surface area contributed by atoms with E-state index in [-0.39, 0.29) is 0 Å². The topological polar surface area (TPSA) is 85.6 Å². The summed E-state index contributed by atoms with van der Waals surface area (Å²) in [7, 11) is 3.30. The molecule has 152 valence electrons. The number of hydrogen-bond acceptors (Lipinski definition) is 5. The average Bonchev–Trinajstić information content (AvgIpc) is 3.15. The number of hydrogen-bond donors (Lipinski definition) is 2. The van der Waals surface area contributed by atoms with E-state index >= 15 is 0 Å². The molecule has 3 rings (SSSR count). The fourth-order valence-electron chi connectivity index (χ4n) is 3.34. The lowest BCUT2D eigenvalue weighted by atomic mass is 10.1. The molecule has 0 spiro atoms. The molecule has 1 aromatic heterocycles. The first kappa shape index (κ1) is 20.0. The third-order valence-corrected chi connectivity index (χ3v) is 4.81. The molecule has 0 saturated heterocycles. The molecule has 0 radical (unpaired) electrons. The molecule has 1 aromatic carbocycles. The zero-order valence-corrected chi connectivity index (χ0v) is 17.0. The highest BCUT2D eigenvalue weighted by molar-refractivity contribution is 5.79. The van der Waals surface area contributed by atoms with Crippen LogP contribution in [0.15, 0.2) is 23.2 Å². The Morgan fingerprint density at radius 1 is 1.14 bits per heavy atom. The molecule has 8 heteroatoms. The molecule has 0 aliphatic carbocycles. The van der Waals surface area contributed by atoms with Crippen molar-refractivity contribution < 1.29 is 9.47 Å². The quantitative estimate of drug-likeness (QED) is 0.533. The molecular weight excluding hydrogens is 356 g/mol. The van der Waals surface area contributed by atoms with Gasteiger partial charge in [0.05, 0.1) is 14.2 Å². The smallest absolute Gasteiger partial charge is 0.191 e. The Kier molecular flexibility index (Phi) is 7.11. The van der Waals surface area contributed by atoms with E-state index in [4.69, 9.17) is 9.47 Å². The largest absolute Gasteiger partial charge is 0.493 e. The summed E-state index contributed by atoms with van der Waals surface area (Å²) in [5, 5.41) is 15.3. The van der Waals surface area contributed by atoms with Crippen LogP contribution in [-0.2, 0) is 25.9 Å². The van der Waals surface area contributed by atoms with Crippen LogP contribution in [0.3, 0.4) is 0 Å². The number of guanidine groups is 1. The minimum Gasteiger partial charge on any atom is -0.493 e. The van der Waals surface area contributed by atoms with Gasteiger partial charge in [0.15, 0.2) is 23.3 Å². The molecule has 8 nitrogen and oxygen atoms in total. The molecular formula is C20H30N6O2. The van der Waals surface area contributed by atoms with E-state index in [9.17, 15) is 0 Å². The number of nitrogens with zero attached hydrogens (tertiary/aromatic N) is 4. The lowest BCUT2D eigenvalue weighted by Gasteiger charge is -2.15. The van der Waals surface area contributed by atoms with Gasteiger partial charge in [0.1, 0.15) is 12.4 Å². The fourth-order valence-corrected chi connectivity index (χ4v) is 3.34. The summed E-state index contributed by atoms with van der Waals surface area (Å²) in [6.07, 6.45) is 4.25. The van der Waals surface area contributed by atoms with Crippen LogP contribution >= 0.6 is 0 Å². The number of nitrogens with one attached hydrogen (secondary N) is 2. The Bertz CT molecular complexity index is 802. The van der Waals surface area contributed by atoms with Gasteiger partial charge in [-0.15, -0.1) is 10.2 Å². The van der Waals surface area contributed by atoms with Gasteiger partial charge >= 0.3 is 0 Å². The van der Waals surface area contributed by atoms with E-state index in [2.05, 4.69) is 43.4 Å². The number of rotatable bonds is 8. The van der Waals surface area contributed by atoms with Crippen LogP contribution in [0.1, 0.15) is 37.0 Å². The van der Waals surface area contributed by atoms with Crippen molar-refractivity contribution in [2.45, 2.75) is 45.7 Å². The maximum absolute atomic E-state index is 5.37. The van der Waals surface area contributed by atoms with E-state index in [0.29, 0.717) is 6.54 Å². The lowest BCUT2D eigenvalue weighted by molar-refractivity contribution is 0.354. The molecule has 0 amide bonds. The number of methoxy groups -OCH3 is 2. The third-order valence-electron chi connectivity index (χ3n) is 4.81. The van der Waals surface area contributed by atoms with Gasteiger partial charge in [-0.1, -0.05) is 6.07 Å². The first-order chi connectivity index (χ1) is 13.7. The van der Waals surface area contributed by atoms with Gasteiger partial charge in [-0.25, -0.2) is 4.99 Å². The van der Waals surface area contributed by atoms with Crippen LogP contribution in [0.5, 0.6) is 11.5 Å². The van der Waals surface area contributed by atoms with Gasteiger partial charge in [0, 0.05) is 26.1 Å². The first-order valence-corrected chi connectivity index (χ1v) is 9.89. The summed E-state index contributed by atoms with van der Waals surface area (Å²) < 4.78 is 12.9. The Hall–Kier alpha value is -2.77. The molecule has 1 aliphatic heterocycles. The van der Waals surface area contributed by atoms with E-state index in [1.54, 1.807) is 14.2 Å². The Morgan fingerprint density at radius 3 is 2.79 bits per heavy atom. The van der Waals surface area contributed by atoms with Crippen LogP contribution in [0.2, 0.25) is 0 Å². The molecule has 2 N–H and O–H groups in total. The average molecular weight is 387 g/mol. The zero-order chi connectivity index (χ0) is 19.8. The van der Waals surface area contributed by atoms with Crippen LogP contribution < -0.4 is 20.1 Å². The van der Waals surface area contributed by atoms with Gasteiger partial charge < -0.3 is 24.7 Å². The number of aryl methyl sites for hydroxylation is 1. The van der Waals surface area contributed by atoms with Crippen molar-refractivity contribution in [1.82, 2.24) is 25.4 Å². The standard InChI is InChI=1S/C20H30N6O2/c1-4-21-20(23-14-19-25-24-18-7-5-6-12-26(18)19)22-11-10-15-8-9-16(27-2)17(13-15)28-3/h8-9,13H,4-7,10-12,14H2,1-3H3,(H2,21,22,23). The molecule has 0 fully saturated rings.